The van der Waals surface area contributed by atoms with E-state index < -0.39 is 5.97 Å². The van der Waals surface area contributed by atoms with Gasteiger partial charge in [-0.2, -0.15) is 0 Å². The van der Waals surface area contributed by atoms with E-state index in [1.54, 1.807) is 31.2 Å². The van der Waals surface area contributed by atoms with Crippen LogP contribution in [0.5, 0.6) is 23.0 Å². The lowest BCUT2D eigenvalue weighted by Gasteiger charge is -2.31. The third kappa shape index (κ3) is 20.3. The second-order valence-electron chi connectivity index (χ2n) is 29.3. The van der Waals surface area contributed by atoms with E-state index in [1.807, 2.05) is 42.5 Å². The molecule has 3 heterocycles. The molecular weight excluding hydrogens is 1300 g/mol. The Hall–Kier alpha value is -8.07. The first-order valence-electron chi connectivity index (χ1n) is 40.1. The number of amides is 6. The fraction of sp³-hybridized carbons (Fsp3) is 0.562. The first-order valence-corrected chi connectivity index (χ1v) is 40.1. The zero-order chi connectivity index (χ0) is 74.7. The molecule has 1 fully saturated rings. The fourth-order valence-electron chi connectivity index (χ4n) is 15.4. The fourth-order valence-corrected chi connectivity index (χ4v) is 15.4. The van der Waals surface area contributed by atoms with Crippen molar-refractivity contribution in [3.8, 4) is 23.0 Å². The number of methoxy groups -OCH3 is 1. The van der Waals surface area contributed by atoms with E-state index in [1.165, 1.54) is 111 Å². The molecule has 4 aliphatic rings. The average Bonchev–Trinajstić information content (AvgIpc) is 0.743. The van der Waals surface area contributed by atoms with Crippen LogP contribution in [0.1, 0.15) is 322 Å². The van der Waals surface area contributed by atoms with Crippen molar-refractivity contribution in [2.24, 2.45) is 17.8 Å². The van der Waals surface area contributed by atoms with Gasteiger partial charge in [-0.05, 0) is 147 Å². The lowest BCUT2D eigenvalue weighted by Crippen LogP contribution is -2.43. The van der Waals surface area contributed by atoms with Gasteiger partial charge in [0.25, 0.3) is 35.4 Å². The molecule has 1 aliphatic carbocycles. The Labute approximate surface area is 620 Å². The summed E-state index contributed by atoms with van der Waals surface area (Å²) in [5.74, 6) is 2.20. The standard InChI is InChI=1S/C36H55NO4.C27H33NO6.C26H33NO2/c1-5-9-12-14-16-18-25-40-31-23-21-29-33-30(36(39)37(35(29)38)27-28(8-4)20-11-7-3)22-24-32(34(31)33)41-26-19-17-15-13-10-6-2;1-6-8-9-18(7-2)16-28-25(29)19-10-12-21(32-5)24-22(13-11-20(23(19)24)26(28)30)33-14-15-34-27(31)17(3)4;1-3-5-10-18(4-2)17-27-25(28)22-14-9-13-21-20(19-11-7-6-8-12-19)15-16-23(24(21)22)26(27)29/h21-24,28H,5-20,25-27H2,1-4H3;10-13,18H,3,6-9,14-16H2,1-2,4-5H3;9,13-16,18-19H,3-8,10-12,17H2,1-2H3. The van der Waals surface area contributed by atoms with Crippen LogP contribution in [0.2, 0.25) is 0 Å². The van der Waals surface area contributed by atoms with Crippen LogP contribution in [-0.4, -0.2) is 109 Å². The normalized spacial score (nSPS) is 15.0. The second-order valence-corrected chi connectivity index (χ2v) is 29.3. The summed E-state index contributed by atoms with van der Waals surface area (Å²) in [6, 6.07) is 24.5. The number of benzene rings is 6. The summed E-state index contributed by atoms with van der Waals surface area (Å²) < 4.78 is 29.1. The molecule has 6 amide bonds. The maximum absolute atomic E-state index is 13.8. The highest BCUT2D eigenvalue weighted by Gasteiger charge is 2.39. The van der Waals surface area contributed by atoms with Gasteiger partial charge in [-0.15, -0.1) is 0 Å². The number of nitrogens with zero attached hydrogens (tertiary/aromatic N) is 3. The van der Waals surface area contributed by atoms with Gasteiger partial charge in [0.2, 0.25) is 0 Å². The monoisotopic (exact) mass is 1420 g/mol. The summed E-state index contributed by atoms with van der Waals surface area (Å²) in [7, 11) is 1.53. The molecule has 3 atom stereocenters. The first-order chi connectivity index (χ1) is 50.5. The number of rotatable bonds is 41. The van der Waals surface area contributed by atoms with Crippen molar-refractivity contribution in [3.63, 3.8) is 0 Å². The minimum Gasteiger partial charge on any atom is -0.496 e. The Bertz CT molecular complexity index is 3790. The van der Waals surface area contributed by atoms with E-state index >= 15 is 0 Å². The maximum Gasteiger partial charge on any atom is 0.333 e. The molecule has 0 saturated heterocycles. The summed E-state index contributed by atoms with van der Waals surface area (Å²) in [5, 5.41) is 4.57. The number of ether oxygens (including phenoxy) is 5. The molecule has 0 spiro atoms. The predicted octanol–water partition coefficient (Wildman–Crippen LogP) is 22.0. The van der Waals surface area contributed by atoms with Crippen molar-refractivity contribution in [3.05, 3.63) is 130 Å². The zero-order valence-electron chi connectivity index (χ0n) is 64.7. The van der Waals surface area contributed by atoms with E-state index in [2.05, 4.69) is 74.1 Å². The number of hydrogen-bond acceptors (Lipinski definition) is 12. The Morgan fingerprint density at radius 2 is 0.760 bits per heavy atom. The van der Waals surface area contributed by atoms with Gasteiger partial charge in [-0.3, -0.25) is 43.5 Å². The molecule has 0 aromatic heterocycles. The predicted molar refractivity (Wildman–Crippen MR) is 419 cm³/mol. The number of hydrogen-bond donors (Lipinski definition) is 0. The Balaban J connectivity index is 0.000000200. The minimum atomic E-state index is -0.487. The number of carbonyl (C=O) groups excluding carboxylic acids is 7. The smallest absolute Gasteiger partial charge is 0.333 e. The summed E-state index contributed by atoms with van der Waals surface area (Å²) in [4.78, 5) is 96.9. The number of carbonyl (C=O) groups is 7. The van der Waals surface area contributed by atoms with Crippen LogP contribution < -0.4 is 18.9 Å². The van der Waals surface area contributed by atoms with Crippen LogP contribution in [0.15, 0.2) is 91.0 Å². The van der Waals surface area contributed by atoms with Gasteiger partial charge in [0.05, 0.1) is 31.1 Å². The molecule has 0 N–H and O–H groups in total. The molecule has 10 rings (SSSR count). The van der Waals surface area contributed by atoms with E-state index in [4.69, 9.17) is 23.7 Å². The molecule has 15 heteroatoms. The van der Waals surface area contributed by atoms with Crippen molar-refractivity contribution in [2.75, 3.05) is 53.2 Å². The summed E-state index contributed by atoms with van der Waals surface area (Å²) in [6.07, 6.45) is 33.2. The largest absolute Gasteiger partial charge is 0.496 e. The number of unbranched alkanes of at least 4 members (excludes halogenated alkanes) is 13. The zero-order valence-corrected chi connectivity index (χ0v) is 64.7. The van der Waals surface area contributed by atoms with Crippen LogP contribution in [0.4, 0.5) is 0 Å². The van der Waals surface area contributed by atoms with E-state index in [0.29, 0.717) is 129 Å². The quantitative estimate of drug-likeness (QED) is 0.0154. The van der Waals surface area contributed by atoms with Gasteiger partial charge < -0.3 is 23.7 Å². The SMILES string of the molecule is C=C(C)C(=O)OCCOc1ccc2c3c(ccc(OC)c13)C(=O)N(CC(CC)CCCC)C2=O.CCCCC(CC)CN1C(=O)c2cccc3c(C4CCCCC4)ccc(c23)C1=O.CCCCCCCCOc1ccc2c3c(ccc(OCCCCCCCC)c13)C(=O)N(CC(CC)CCCC)C2=O. The van der Waals surface area contributed by atoms with Crippen molar-refractivity contribution < 1.29 is 57.2 Å². The minimum absolute atomic E-state index is 0.0404. The maximum atomic E-state index is 13.8. The molecule has 6 aromatic carbocycles. The van der Waals surface area contributed by atoms with Crippen LogP contribution in [-0.2, 0) is 9.53 Å². The number of imide groups is 3. The van der Waals surface area contributed by atoms with Gasteiger partial charge in [-0.1, -0.05) is 221 Å². The summed E-state index contributed by atoms with van der Waals surface area (Å²) in [5.41, 5.74) is 5.12. The lowest BCUT2D eigenvalue weighted by molar-refractivity contribution is -0.139. The Morgan fingerprint density at radius 1 is 0.404 bits per heavy atom. The third-order valence-electron chi connectivity index (χ3n) is 21.7. The van der Waals surface area contributed by atoms with Crippen LogP contribution in [0, 0.1) is 17.8 Å². The van der Waals surface area contributed by atoms with E-state index in [-0.39, 0.29) is 54.6 Å². The molecule has 0 radical (unpaired) electrons. The summed E-state index contributed by atoms with van der Waals surface area (Å²) >= 11 is 0. The second kappa shape index (κ2) is 41.6. The molecule has 564 valence electrons. The van der Waals surface area contributed by atoms with Gasteiger partial charge in [0.15, 0.2) is 0 Å². The third-order valence-corrected chi connectivity index (χ3v) is 21.7. The van der Waals surface area contributed by atoms with Crippen LogP contribution >= 0.6 is 0 Å². The van der Waals surface area contributed by atoms with Crippen molar-refractivity contribution in [1.82, 2.24) is 14.7 Å². The van der Waals surface area contributed by atoms with Gasteiger partial charge in [-0.25, -0.2) is 4.79 Å². The van der Waals surface area contributed by atoms with Gasteiger partial charge in [0.1, 0.15) is 36.2 Å². The Kier molecular flexibility index (Phi) is 32.6. The Morgan fingerprint density at radius 3 is 1.15 bits per heavy atom. The molecular formula is C89H121N3O12. The summed E-state index contributed by atoms with van der Waals surface area (Å²) in [6.45, 7) is 25.3. The lowest BCUT2D eigenvalue weighted by atomic mass is 9.80. The highest BCUT2D eigenvalue weighted by atomic mass is 16.6. The molecule has 3 aliphatic heterocycles. The van der Waals surface area contributed by atoms with Gasteiger partial charge >= 0.3 is 5.97 Å². The van der Waals surface area contributed by atoms with Crippen molar-refractivity contribution in [2.45, 2.75) is 254 Å². The van der Waals surface area contributed by atoms with Gasteiger partial charge in [0, 0.05) is 74.7 Å². The molecule has 0 bridgehead atoms. The number of esters is 1. The highest BCUT2D eigenvalue weighted by molar-refractivity contribution is 6.29. The van der Waals surface area contributed by atoms with E-state index in [9.17, 15) is 33.6 Å². The first kappa shape index (κ1) is 81.6. The van der Waals surface area contributed by atoms with Crippen LogP contribution in [0.3, 0.4) is 0 Å². The van der Waals surface area contributed by atoms with Crippen LogP contribution in [0.25, 0.3) is 32.3 Å². The highest BCUT2D eigenvalue weighted by Crippen LogP contribution is 2.45. The topological polar surface area (TPSA) is 175 Å². The molecule has 3 unspecified atom stereocenters. The average molecular weight is 1420 g/mol. The van der Waals surface area contributed by atoms with Crippen molar-refractivity contribution >= 4 is 73.7 Å². The van der Waals surface area contributed by atoms with Crippen molar-refractivity contribution in [1.29, 1.82) is 0 Å². The molecule has 104 heavy (non-hydrogen) atoms. The molecule has 15 nitrogen and oxygen atoms in total. The van der Waals surface area contributed by atoms with E-state index in [0.717, 1.165) is 119 Å². The molecule has 1 saturated carbocycles. The molecule has 6 aromatic rings.